The molecule has 1 aliphatic carbocycles. The Hall–Kier alpha value is -0.770. The molecule has 106 valence electrons. The van der Waals surface area contributed by atoms with Gasteiger partial charge in [0.25, 0.3) is 0 Å². The first-order valence-corrected chi connectivity index (χ1v) is 7.12. The number of aliphatic hydroxyl groups is 1. The Morgan fingerprint density at radius 1 is 1.42 bits per heavy atom. The number of hydrogen-bond acceptors (Lipinski definition) is 3. The molecule has 0 aliphatic heterocycles. The van der Waals surface area contributed by atoms with E-state index in [4.69, 9.17) is 16.3 Å². The summed E-state index contributed by atoms with van der Waals surface area (Å²) < 4.78 is 5.49. The SMILES string of the molecule is CC1(C)CC1CNCC(O)COc1ccc(Cl)cc1. The smallest absolute Gasteiger partial charge is 0.119 e. The van der Waals surface area contributed by atoms with Crippen LogP contribution in [-0.2, 0) is 0 Å². The average molecular weight is 284 g/mol. The molecular weight excluding hydrogens is 262 g/mol. The molecule has 1 saturated carbocycles. The van der Waals surface area contributed by atoms with E-state index in [1.165, 1.54) is 6.42 Å². The minimum atomic E-state index is -0.488. The predicted molar refractivity (Wildman–Crippen MR) is 77.7 cm³/mol. The zero-order chi connectivity index (χ0) is 13.9. The highest BCUT2D eigenvalue weighted by atomic mass is 35.5. The van der Waals surface area contributed by atoms with Gasteiger partial charge in [0.1, 0.15) is 18.5 Å². The fourth-order valence-corrected chi connectivity index (χ4v) is 2.26. The van der Waals surface area contributed by atoms with Gasteiger partial charge in [-0.3, -0.25) is 0 Å². The van der Waals surface area contributed by atoms with Crippen LogP contribution in [0.25, 0.3) is 0 Å². The molecule has 0 aromatic heterocycles. The third-order valence-electron chi connectivity index (χ3n) is 3.74. The van der Waals surface area contributed by atoms with Crippen molar-refractivity contribution < 1.29 is 9.84 Å². The van der Waals surface area contributed by atoms with E-state index in [0.717, 1.165) is 18.2 Å². The van der Waals surface area contributed by atoms with Crippen molar-refractivity contribution in [3.8, 4) is 5.75 Å². The average Bonchev–Trinajstić information content (AvgIpc) is 2.96. The molecule has 2 unspecified atom stereocenters. The fraction of sp³-hybridized carbons (Fsp3) is 0.600. The van der Waals surface area contributed by atoms with E-state index in [2.05, 4.69) is 19.2 Å². The summed E-state index contributed by atoms with van der Waals surface area (Å²) in [5, 5.41) is 13.8. The maximum Gasteiger partial charge on any atom is 0.119 e. The lowest BCUT2D eigenvalue weighted by Gasteiger charge is -2.13. The molecule has 2 atom stereocenters. The van der Waals surface area contributed by atoms with E-state index in [1.54, 1.807) is 24.3 Å². The zero-order valence-electron chi connectivity index (χ0n) is 11.5. The second-order valence-electron chi connectivity index (χ2n) is 5.97. The quantitative estimate of drug-likeness (QED) is 0.808. The summed E-state index contributed by atoms with van der Waals surface area (Å²) in [5.74, 6) is 1.48. The molecule has 1 aromatic rings. The van der Waals surface area contributed by atoms with E-state index in [1.807, 2.05) is 0 Å². The van der Waals surface area contributed by atoms with Crippen LogP contribution in [0.4, 0.5) is 0 Å². The lowest BCUT2D eigenvalue weighted by molar-refractivity contribution is 0.106. The molecule has 19 heavy (non-hydrogen) atoms. The number of ether oxygens (including phenoxy) is 1. The van der Waals surface area contributed by atoms with Gasteiger partial charge in [-0.05, 0) is 48.6 Å². The maximum absolute atomic E-state index is 9.81. The highest BCUT2D eigenvalue weighted by Crippen LogP contribution is 2.50. The van der Waals surface area contributed by atoms with Gasteiger partial charge in [-0.25, -0.2) is 0 Å². The van der Waals surface area contributed by atoms with Crippen molar-refractivity contribution in [2.24, 2.45) is 11.3 Å². The van der Waals surface area contributed by atoms with Crippen LogP contribution in [0.2, 0.25) is 5.02 Å². The topological polar surface area (TPSA) is 41.5 Å². The van der Waals surface area contributed by atoms with Crippen molar-refractivity contribution in [3.63, 3.8) is 0 Å². The van der Waals surface area contributed by atoms with Crippen molar-refractivity contribution >= 4 is 11.6 Å². The van der Waals surface area contributed by atoms with E-state index in [-0.39, 0.29) is 0 Å². The standard InChI is InChI=1S/C15H22ClNO2/c1-15(2)7-11(15)8-17-9-13(18)10-19-14-5-3-12(16)4-6-14/h3-6,11,13,17-18H,7-10H2,1-2H3. The van der Waals surface area contributed by atoms with Crippen LogP contribution < -0.4 is 10.1 Å². The highest BCUT2D eigenvalue weighted by molar-refractivity contribution is 6.30. The van der Waals surface area contributed by atoms with Gasteiger partial charge < -0.3 is 15.2 Å². The third kappa shape index (κ3) is 4.68. The number of aliphatic hydroxyl groups excluding tert-OH is 1. The summed E-state index contributed by atoms with van der Waals surface area (Å²) in [4.78, 5) is 0. The van der Waals surface area contributed by atoms with Crippen molar-refractivity contribution in [1.82, 2.24) is 5.32 Å². The molecule has 0 spiro atoms. The van der Waals surface area contributed by atoms with E-state index < -0.39 is 6.10 Å². The van der Waals surface area contributed by atoms with Crippen LogP contribution >= 0.6 is 11.6 Å². The molecule has 0 heterocycles. The minimum Gasteiger partial charge on any atom is -0.491 e. The van der Waals surface area contributed by atoms with Crippen LogP contribution in [0, 0.1) is 11.3 Å². The van der Waals surface area contributed by atoms with Crippen LogP contribution in [-0.4, -0.2) is 30.9 Å². The molecule has 1 aliphatic rings. The van der Waals surface area contributed by atoms with Crippen molar-refractivity contribution in [2.45, 2.75) is 26.4 Å². The number of hydrogen-bond donors (Lipinski definition) is 2. The summed E-state index contributed by atoms with van der Waals surface area (Å²) in [6.07, 6.45) is 0.787. The lowest BCUT2D eigenvalue weighted by atomic mass is 10.1. The van der Waals surface area contributed by atoms with E-state index in [0.29, 0.717) is 23.6 Å². The van der Waals surface area contributed by atoms with Crippen LogP contribution in [0.3, 0.4) is 0 Å². The molecule has 1 aromatic carbocycles. The molecule has 0 amide bonds. The number of nitrogens with one attached hydrogen (secondary N) is 1. The van der Waals surface area contributed by atoms with Crippen molar-refractivity contribution in [3.05, 3.63) is 29.3 Å². The number of halogens is 1. The first kappa shape index (κ1) is 14.6. The van der Waals surface area contributed by atoms with Gasteiger partial charge in [-0.15, -0.1) is 0 Å². The summed E-state index contributed by atoms with van der Waals surface area (Å²) in [5.41, 5.74) is 0.484. The second-order valence-corrected chi connectivity index (χ2v) is 6.40. The summed E-state index contributed by atoms with van der Waals surface area (Å²) in [6.45, 7) is 6.40. The molecule has 1 fully saturated rings. The van der Waals surface area contributed by atoms with Crippen molar-refractivity contribution in [2.75, 3.05) is 19.7 Å². The summed E-state index contributed by atoms with van der Waals surface area (Å²) in [6, 6.07) is 7.15. The van der Waals surface area contributed by atoms with E-state index >= 15 is 0 Å². The van der Waals surface area contributed by atoms with Gasteiger partial charge in [0.2, 0.25) is 0 Å². The Bertz CT molecular complexity index is 405. The Morgan fingerprint density at radius 2 is 2.05 bits per heavy atom. The maximum atomic E-state index is 9.81. The number of rotatable bonds is 7. The Kier molecular flexibility index (Phi) is 4.71. The molecular formula is C15H22ClNO2. The van der Waals surface area contributed by atoms with E-state index in [9.17, 15) is 5.11 Å². The molecule has 4 heteroatoms. The Morgan fingerprint density at radius 3 is 2.63 bits per heavy atom. The Balaban J connectivity index is 1.59. The molecule has 0 radical (unpaired) electrons. The van der Waals surface area contributed by atoms with Crippen LogP contribution in [0.1, 0.15) is 20.3 Å². The van der Waals surface area contributed by atoms with Gasteiger partial charge >= 0.3 is 0 Å². The largest absolute Gasteiger partial charge is 0.491 e. The van der Waals surface area contributed by atoms with Crippen LogP contribution in [0.15, 0.2) is 24.3 Å². The normalized spacial score (nSPS) is 22.0. The van der Waals surface area contributed by atoms with Gasteiger partial charge in [-0.1, -0.05) is 25.4 Å². The monoisotopic (exact) mass is 283 g/mol. The highest BCUT2D eigenvalue weighted by Gasteiger charge is 2.44. The van der Waals surface area contributed by atoms with Gasteiger partial charge in [0, 0.05) is 11.6 Å². The second kappa shape index (κ2) is 6.12. The Labute approximate surface area is 119 Å². The van der Waals surface area contributed by atoms with Gasteiger partial charge in [0.05, 0.1) is 0 Å². The molecule has 3 nitrogen and oxygen atoms in total. The van der Waals surface area contributed by atoms with Gasteiger partial charge in [0.15, 0.2) is 0 Å². The summed E-state index contributed by atoms with van der Waals surface area (Å²) in [7, 11) is 0. The number of benzene rings is 1. The zero-order valence-corrected chi connectivity index (χ0v) is 12.3. The lowest BCUT2D eigenvalue weighted by Crippen LogP contribution is -2.33. The molecule has 0 bridgehead atoms. The fourth-order valence-electron chi connectivity index (χ4n) is 2.13. The first-order chi connectivity index (χ1) is 8.97. The molecule has 2 N–H and O–H groups in total. The van der Waals surface area contributed by atoms with Gasteiger partial charge in [-0.2, -0.15) is 0 Å². The predicted octanol–water partition coefficient (Wildman–Crippen LogP) is 2.72. The van der Waals surface area contributed by atoms with Crippen molar-refractivity contribution in [1.29, 1.82) is 0 Å². The first-order valence-electron chi connectivity index (χ1n) is 6.74. The molecule has 0 saturated heterocycles. The third-order valence-corrected chi connectivity index (χ3v) is 4.00. The summed E-state index contributed by atoms with van der Waals surface area (Å²) >= 11 is 5.79. The van der Waals surface area contributed by atoms with Crippen LogP contribution in [0.5, 0.6) is 5.75 Å². The molecule has 2 rings (SSSR count). The minimum absolute atomic E-state index is 0.294.